The Hall–Kier alpha value is -2.42. The van der Waals surface area contributed by atoms with Crippen LogP contribution in [0.15, 0.2) is 54.6 Å². The van der Waals surface area contributed by atoms with Gasteiger partial charge < -0.3 is 4.74 Å². The Labute approximate surface area is 118 Å². The van der Waals surface area contributed by atoms with Crippen LogP contribution < -0.4 is 0 Å². The van der Waals surface area contributed by atoms with Crippen molar-refractivity contribution in [3.63, 3.8) is 0 Å². The van der Waals surface area contributed by atoms with Crippen LogP contribution in [-0.4, -0.2) is 11.8 Å². The quantitative estimate of drug-likeness (QED) is 0.618. The Balaban J connectivity index is 1.85. The van der Waals surface area contributed by atoms with Crippen LogP contribution in [0, 0.1) is 0 Å². The van der Waals surface area contributed by atoms with Crippen LogP contribution in [0.3, 0.4) is 0 Å². The third-order valence-corrected chi connectivity index (χ3v) is 2.95. The molecule has 3 heteroatoms. The smallest absolute Gasteiger partial charge is 0.310 e. The van der Waals surface area contributed by atoms with E-state index in [0.29, 0.717) is 5.56 Å². The van der Waals surface area contributed by atoms with E-state index >= 15 is 0 Å². The fraction of sp³-hybridized carbons (Fsp3) is 0.176. The van der Waals surface area contributed by atoms with Crippen molar-refractivity contribution in [1.82, 2.24) is 0 Å². The monoisotopic (exact) mass is 268 g/mol. The van der Waals surface area contributed by atoms with Crippen LogP contribution in [0.25, 0.3) is 0 Å². The highest BCUT2D eigenvalue weighted by Gasteiger charge is 2.05. The van der Waals surface area contributed by atoms with Crippen LogP contribution in [0.1, 0.15) is 28.4 Å². The van der Waals surface area contributed by atoms with Crippen molar-refractivity contribution in [1.29, 1.82) is 0 Å². The molecule has 2 rings (SSSR count). The van der Waals surface area contributed by atoms with Crippen LogP contribution in [-0.2, 0) is 22.6 Å². The van der Waals surface area contributed by atoms with Gasteiger partial charge in [-0.3, -0.25) is 9.59 Å². The minimum atomic E-state index is -0.258. The van der Waals surface area contributed by atoms with Crippen molar-refractivity contribution in [2.45, 2.75) is 20.0 Å². The predicted molar refractivity (Wildman–Crippen MR) is 76.4 cm³/mol. The lowest BCUT2D eigenvalue weighted by Crippen LogP contribution is -2.08. The zero-order valence-electron chi connectivity index (χ0n) is 11.3. The van der Waals surface area contributed by atoms with E-state index in [4.69, 9.17) is 4.74 Å². The molecule has 0 saturated heterocycles. The molecule has 0 amide bonds. The lowest BCUT2D eigenvalue weighted by molar-refractivity contribution is -0.144. The molecule has 3 nitrogen and oxygen atoms in total. The summed E-state index contributed by atoms with van der Waals surface area (Å²) in [7, 11) is 0. The molecule has 2 aromatic rings. The largest absolute Gasteiger partial charge is 0.461 e. The Bertz CT molecular complexity index is 585. The van der Waals surface area contributed by atoms with Gasteiger partial charge in [-0.25, -0.2) is 0 Å². The maximum absolute atomic E-state index is 11.7. The minimum absolute atomic E-state index is 0.0256. The number of ketones is 1. The summed E-state index contributed by atoms with van der Waals surface area (Å²) in [6, 6.07) is 16.5. The number of carbonyl (C=O) groups excluding carboxylic acids is 2. The third kappa shape index (κ3) is 4.05. The van der Waals surface area contributed by atoms with Crippen LogP contribution in [0.2, 0.25) is 0 Å². The molecule has 0 radical (unpaired) electrons. The Morgan fingerprint density at radius 2 is 1.55 bits per heavy atom. The molecule has 0 N–H and O–H groups in total. The zero-order chi connectivity index (χ0) is 14.4. The summed E-state index contributed by atoms with van der Waals surface area (Å²) in [5.41, 5.74) is 2.46. The number of rotatable bonds is 5. The standard InChI is InChI=1S/C17H16O3/c1-13(18)16-9-7-15(8-10-16)12-20-17(19)11-14-5-3-2-4-6-14/h2-10H,11-12H2,1H3. The first kappa shape index (κ1) is 14.0. The summed E-state index contributed by atoms with van der Waals surface area (Å²) in [6.07, 6.45) is 0.270. The molecule has 0 aliphatic heterocycles. The van der Waals surface area contributed by atoms with E-state index in [1.165, 1.54) is 6.92 Å². The number of esters is 1. The van der Waals surface area contributed by atoms with Crippen LogP contribution in [0.5, 0.6) is 0 Å². The van der Waals surface area contributed by atoms with E-state index in [1.54, 1.807) is 24.3 Å². The molecule has 102 valence electrons. The van der Waals surface area contributed by atoms with Gasteiger partial charge in [0.15, 0.2) is 5.78 Å². The summed E-state index contributed by atoms with van der Waals surface area (Å²) in [5.74, 6) is -0.232. The van der Waals surface area contributed by atoms with Gasteiger partial charge in [0.2, 0.25) is 0 Å². The maximum atomic E-state index is 11.7. The molecule has 0 fully saturated rings. The van der Waals surface area contributed by atoms with E-state index in [-0.39, 0.29) is 24.8 Å². The zero-order valence-corrected chi connectivity index (χ0v) is 11.3. The molecule has 20 heavy (non-hydrogen) atoms. The van der Waals surface area contributed by atoms with Crippen molar-refractivity contribution in [2.75, 3.05) is 0 Å². The summed E-state index contributed by atoms with van der Waals surface area (Å²) in [5, 5.41) is 0. The summed E-state index contributed by atoms with van der Waals surface area (Å²) < 4.78 is 5.21. The highest BCUT2D eigenvalue weighted by molar-refractivity contribution is 5.94. The second-order valence-corrected chi connectivity index (χ2v) is 4.58. The molecule has 0 spiro atoms. The van der Waals surface area contributed by atoms with Gasteiger partial charge in [-0.2, -0.15) is 0 Å². The van der Waals surface area contributed by atoms with E-state index in [0.717, 1.165) is 11.1 Å². The van der Waals surface area contributed by atoms with Gasteiger partial charge in [-0.1, -0.05) is 54.6 Å². The Kier molecular flexibility index (Phi) is 4.66. The van der Waals surface area contributed by atoms with Crippen molar-refractivity contribution in [3.8, 4) is 0 Å². The lowest BCUT2D eigenvalue weighted by Gasteiger charge is -2.05. The number of hydrogen-bond acceptors (Lipinski definition) is 3. The Morgan fingerprint density at radius 3 is 2.15 bits per heavy atom. The van der Waals surface area contributed by atoms with Crippen LogP contribution in [0.4, 0.5) is 0 Å². The number of carbonyl (C=O) groups is 2. The van der Waals surface area contributed by atoms with E-state index < -0.39 is 0 Å². The number of benzene rings is 2. The van der Waals surface area contributed by atoms with Gasteiger partial charge in [-0.05, 0) is 18.1 Å². The summed E-state index contributed by atoms with van der Waals surface area (Å²) in [4.78, 5) is 22.8. The van der Waals surface area contributed by atoms with Gasteiger partial charge in [0.05, 0.1) is 6.42 Å². The molecule has 0 aromatic heterocycles. The minimum Gasteiger partial charge on any atom is -0.461 e. The third-order valence-electron chi connectivity index (χ3n) is 2.95. The first-order valence-electron chi connectivity index (χ1n) is 6.44. The van der Waals surface area contributed by atoms with Gasteiger partial charge in [0, 0.05) is 5.56 Å². The molecule has 0 atom stereocenters. The molecular formula is C17H16O3. The fourth-order valence-corrected chi connectivity index (χ4v) is 1.81. The van der Waals surface area contributed by atoms with E-state index in [9.17, 15) is 9.59 Å². The molecule has 2 aromatic carbocycles. The van der Waals surface area contributed by atoms with E-state index in [1.807, 2.05) is 30.3 Å². The van der Waals surface area contributed by atoms with Gasteiger partial charge >= 0.3 is 5.97 Å². The normalized spacial score (nSPS) is 10.1. The van der Waals surface area contributed by atoms with E-state index in [2.05, 4.69) is 0 Å². The van der Waals surface area contributed by atoms with Crippen molar-refractivity contribution < 1.29 is 14.3 Å². The molecule has 0 bridgehead atoms. The summed E-state index contributed by atoms with van der Waals surface area (Å²) >= 11 is 0. The van der Waals surface area contributed by atoms with Crippen LogP contribution >= 0.6 is 0 Å². The first-order chi connectivity index (χ1) is 9.65. The van der Waals surface area contributed by atoms with Gasteiger partial charge in [0.25, 0.3) is 0 Å². The highest BCUT2D eigenvalue weighted by Crippen LogP contribution is 2.08. The molecule has 0 heterocycles. The fourth-order valence-electron chi connectivity index (χ4n) is 1.81. The lowest BCUT2D eigenvalue weighted by atomic mass is 10.1. The number of hydrogen-bond donors (Lipinski definition) is 0. The van der Waals surface area contributed by atoms with Crippen molar-refractivity contribution >= 4 is 11.8 Å². The molecule has 0 unspecified atom stereocenters. The Morgan fingerprint density at radius 1 is 0.900 bits per heavy atom. The SMILES string of the molecule is CC(=O)c1ccc(COC(=O)Cc2ccccc2)cc1. The summed E-state index contributed by atoms with van der Waals surface area (Å²) in [6.45, 7) is 1.75. The topological polar surface area (TPSA) is 43.4 Å². The second kappa shape index (κ2) is 6.66. The number of ether oxygens (including phenoxy) is 1. The average Bonchev–Trinajstić information content (AvgIpc) is 2.46. The molecule has 0 aliphatic carbocycles. The number of Topliss-reactive ketones (excluding diaryl/α,β-unsaturated/α-hetero) is 1. The predicted octanol–water partition coefficient (Wildman–Crippen LogP) is 3.18. The van der Waals surface area contributed by atoms with Gasteiger partial charge in [-0.15, -0.1) is 0 Å². The van der Waals surface area contributed by atoms with Crippen molar-refractivity contribution in [3.05, 3.63) is 71.3 Å². The molecule has 0 aliphatic rings. The molecular weight excluding hydrogens is 252 g/mol. The van der Waals surface area contributed by atoms with Gasteiger partial charge in [0.1, 0.15) is 6.61 Å². The average molecular weight is 268 g/mol. The maximum Gasteiger partial charge on any atom is 0.310 e. The molecule has 0 saturated carbocycles. The second-order valence-electron chi connectivity index (χ2n) is 4.58. The highest BCUT2D eigenvalue weighted by atomic mass is 16.5. The first-order valence-corrected chi connectivity index (χ1v) is 6.44. The van der Waals surface area contributed by atoms with Crippen molar-refractivity contribution in [2.24, 2.45) is 0 Å².